The Hall–Kier alpha value is -1.41. The minimum Gasteiger partial charge on any atom is -0.481 e. The first-order valence-electron chi connectivity index (χ1n) is 7.76. The summed E-state index contributed by atoms with van der Waals surface area (Å²) in [4.78, 5) is 11.2. The highest BCUT2D eigenvalue weighted by atomic mass is 32.2. The zero-order valence-corrected chi connectivity index (χ0v) is 16.2. The van der Waals surface area contributed by atoms with Gasteiger partial charge in [0.25, 0.3) is 0 Å². The summed E-state index contributed by atoms with van der Waals surface area (Å²) in [6.45, 7) is 4.68. The van der Waals surface area contributed by atoms with E-state index in [-0.39, 0.29) is 30.5 Å². The van der Waals surface area contributed by atoms with Crippen LogP contribution in [0.5, 0.6) is 5.75 Å². The highest BCUT2D eigenvalue weighted by molar-refractivity contribution is 7.97. The van der Waals surface area contributed by atoms with Gasteiger partial charge in [-0.2, -0.15) is 0 Å². The fourth-order valence-corrected chi connectivity index (χ4v) is 6.35. The number of ether oxygens (including phenoxy) is 2. The van der Waals surface area contributed by atoms with Crippen molar-refractivity contribution in [3.8, 4) is 5.75 Å². The molecule has 10 heteroatoms. The van der Waals surface area contributed by atoms with Gasteiger partial charge in [-0.1, -0.05) is 12.1 Å². The number of rotatable bonds is 11. The summed E-state index contributed by atoms with van der Waals surface area (Å²) in [7, 11) is -7.85. The van der Waals surface area contributed by atoms with Gasteiger partial charge in [-0.25, -0.2) is 13.2 Å². The molecule has 1 aromatic rings. The van der Waals surface area contributed by atoms with Crippen LogP contribution in [-0.4, -0.2) is 46.3 Å². The quantitative estimate of drug-likeness (QED) is 0.417. The Kier molecular flexibility index (Phi) is 8.58. The van der Waals surface area contributed by atoms with E-state index in [2.05, 4.69) is 0 Å². The Morgan fingerprint density at radius 1 is 1.04 bits per heavy atom. The average molecular weight is 394 g/mol. The molecule has 0 spiro atoms. The Balaban J connectivity index is 3.05. The first-order chi connectivity index (χ1) is 11.8. The second-order valence-corrected chi connectivity index (χ2v) is 9.17. The van der Waals surface area contributed by atoms with Gasteiger partial charge in [0.15, 0.2) is 21.9 Å². The topological polar surface area (TPSA) is 105 Å². The van der Waals surface area contributed by atoms with Crippen molar-refractivity contribution in [3.05, 3.63) is 24.3 Å². The van der Waals surface area contributed by atoms with E-state index in [1.807, 2.05) is 0 Å². The predicted octanol–water partition coefficient (Wildman–Crippen LogP) is 2.63. The van der Waals surface area contributed by atoms with Crippen LogP contribution in [0.25, 0.3) is 0 Å². The maximum atomic E-state index is 12.7. The first kappa shape index (κ1) is 21.6. The van der Waals surface area contributed by atoms with Crippen LogP contribution >= 0.6 is 7.60 Å². The molecule has 25 heavy (non-hydrogen) atoms. The second kappa shape index (κ2) is 9.91. The summed E-state index contributed by atoms with van der Waals surface area (Å²) in [6.07, 6.45) is 0. The molecule has 0 aliphatic rings. The van der Waals surface area contributed by atoms with Gasteiger partial charge in [0.1, 0.15) is 10.6 Å². The Morgan fingerprint density at radius 3 is 2.20 bits per heavy atom. The Labute approximate surface area is 147 Å². The molecule has 0 aliphatic heterocycles. The monoisotopic (exact) mass is 394 g/mol. The molecule has 0 heterocycles. The van der Waals surface area contributed by atoms with Crippen LogP contribution in [0, 0.1) is 0 Å². The van der Waals surface area contributed by atoms with Gasteiger partial charge in [0, 0.05) is 0 Å². The van der Waals surface area contributed by atoms with Gasteiger partial charge in [0.05, 0.1) is 19.8 Å². The molecule has 0 atom stereocenters. The summed E-state index contributed by atoms with van der Waals surface area (Å²) in [5.41, 5.74) is -0.818. The summed E-state index contributed by atoms with van der Waals surface area (Å²) < 4.78 is 57.9. The Morgan fingerprint density at radius 2 is 1.64 bits per heavy atom. The standard InChI is InChI=1S/C15H23O8PS/c1-4-20-15(16)11-21-13-9-7-8-10-14(13)25(18,19)12-24(17,22-5-2)23-6-3/h7-10H,4-6,11-12H2,1-3H3. The molecule has 1 aromatic carbocycles. The number of benzene rings is 1. The highest BCUT2D eigenvalue weighted by Crippen LogP contribution is 2.50. The summed E-state index contributed by atoms with van der Waals surface area (Å²) in [5, 5.41) is 0. The van der Waals surface area contributed by atoms with Crippen molar-refractivity contribution < 1.29 is 36.3 Å². The van der Waals surface area contributed by atoms with E-state index in [9.17, 15) is 17.8 Å². The zero-order valence-electron chi connectivity index (χ0n) is 14.5. The lowest BCUT2D eigenvalue weighted by molar-refractivity contribution is -0.145. The Bertz CT molecular complexity index is 706. The molecule has 0 saturated carbocycles. The molecule has 142 valence electrons. The summed E-state index contributed by atoms with van der Waals surface area (Å²) in [5.74, 6) is -0.654. The van der Waals surface area contributed by atoms with Crippen molar-refractivity contribution in [2.45, 2.75) is 25.7 Å². The molecule has 0 aliphatic carbocycles. The van der Waals surface area contributed by atoms with E-state index in [0.29, 0.717) is 0 Å². The van der Waals surface area contributed by atoms with Crippen LogP contribution in [-0.2, 0) is 33.0 Å². The van der Waals surface area contributed by atoms with Crippen molar-refractivity contribution in [2.75, 3.05) is 31.9 Å². The molecular formula is C15H23O8PS. The second-order valence-electron chi connectivity index (χ2n) is 4.73. The van der Waals surface area contributed by atoms with Gasteiger partial charge >= 0.3 is 13.6 Å². The van der Waals surface area contributed by atoms with Crippen molar-refractivity contribution in [1.82, 2.24) is 0 Å². The predicted molar refractivity (Wildman–Crippen MR) is 91.5 cm³/mol. The molecule has 0 radical (unpaired) electrons. The van der Waals surface area contributed by atoms with Gasteiger partial charge in [-0.3, -0.25) is 4.57 Å². The minimum atomic E-state index is -4.04. The maximum Gasteiger partial charge on any atom is 0.346 e. The highest BCUT2D eigenvalue weighted by Gasteiger charge is 2.34. The smallest absolute Gasteiger partial charge is 0.346 e. The van der Waals surface area contributed by atoms with Gasteiger partial charge < -0.3 is 18.5 Å². The fraction of sp³-hybridized carbons (Fsp3) is 0.533. The molecule has 0 saturated heterocycles. The van der Waals surface area contributed by atoms with Crippen molar-refractivity contribution in [2.24, 2.45) is 0 Å². The number of para-hydroxylation sites is 1. The average Bonchev–Trinajstić information content (AvgIpc) is 2.53. The summed E-state index contributed by atoms with van der Waals surface area (Å²) in [6, 6.07) is 5.76. The van der Waals surface area contributed by atoms with Crippen molar-refractivity contribution in [1.29, 1.82) is 0 Å². The third kappa shape index (κ3) is 6.78. The number of carbonyl (C=O) groups excluding carboxylic acids is 1. The molecule has 0 aromatic heterocycles. The lowest BCUT2D eigenvalue weighted by Crippen LogP contribution is -2.17. The van der Waals surface area contributed by atoms with Crippen LogP contribution in [0.3, 0.4) is 0 Å². The van der Waals surface area contributed by atoms with E-state index < -0.39 is 35.5 Å². The van der Waals surface area contributed by atoms with Gasteiger partial charge in [-0.05, 0) is 32.9 Å². The van der Waals surface area contributed by atoms with E-state index in [1.165, 1.54) is 18.2 Å². The summed E-state index contributed by atoms with van der Waals surface area (Å²) >= 11 is 0. The number of esters is 1. The van der Waals surface area contributed by atoms with Crippen LogP contribution in [0.1, 0.15) is 20.8 Å². The van der Waals surface area contributed by atoms with Crippen LogP contribution in [0.4, 0.5) is 0 Å². The van der Waals surface area contributed by atoms with Crippen LogP contribution in [0.2, 0.25) is 0 Å². The molecule has 0 fully saturated rings. The molecule has 0 bridgehead atoms. The molecular weight excluding hydrogens is 371 g/mol. The number of hydrogen-bond donors (Lipinski definition) is 0. The third-order valence-corrected chi connectivity index (χ3v) is 7.75. The maximum absolute atomic E-state index is 12.7. The zero-order chi connectivity index (χ0) is 18.9. The van der Waals surface area contributed by atoms with E-state index >= 15 is 0 Å². The van der Waals surface area contributed by atoms with Crippen molar-refractivity contribution in [3.63, 3.8) is 0 Å². The lowest BCUT2D eigenvalue weighted by atomic mass is 10.3. The van der Waals surface area contributed by atoms with Crippen LogP contribution < -0.4 is 4.74 Å². The molecule has 0 N–H and O–H groups in total. The molecule has 0 amide bonds. The largest absolute Gasteiger partial charge is 0.481 e. The van der Waals surface area contributed by atoms with E-state index in [0.717, 1.165) is 0 Å². The van der Waals surface area contributed by atoms with Gasteiger partial charge in [0.2, 0.25) is 0 Å². The van der Waals surface area contributed by atoms with Crippen molar-refractivity contribution >= 4 is 23.4 Å². The number of hydrogen-bond acceptors (Lipinski definition) is 8. The molecule has 0 unspecified atom stereocenters. The SMILES string of the molecule is CCOC(=O)COc1ccccc1S(=O)(=O)CP(=O)(OCC)OCC. The van der Waals surface area contributed by atoms with E-state index in [4.69, 9.17) is 18.5 Å². The number of sulfone groups is 1. The lowest BCUT2D eigenvalue weighted by Gasteiger charge is -2.18. The van der Waals surface area contributed by atoms with E-state index in [1.54, 1.807) is 26.8 Å². The normalized spacial score (nSPS) is 12.0. The molecule has 8 nitrogen and oxygen atoms in total. The van der Waals surface area contributed by atoms with Gasteiger partial charge in [-0.15, -0.1) is 0 Å². The fourth-order valence-electron chi connectivity index (χ4n) is 1.95. The first-order valence-corrected chi connectivity index (χ1v) is 11.1. The third-order valence-electron chi connectivity index (χ3n) is 2.81. The minimum absolute atomic E-state index is 0.0323. The number of carbonyl (C=O) groups is 1. The van der Waals surface area contributed by atoms with Crippen LogP contribution in [0.15, 0.2) is 29.2 Å². The molecule has 1 rings (SSSR count).